The zero-order valence-electron chi connectivity index (χ0n) is 18.6. The second kappa shape index (κ2) is 7.73. The van der Waals surface area contributed by atoms with Crippen molar-refractivity contribution in [1.82, 2.24) is 24.3 Å². The highest BCUT2D eigenvalue weighted by atomic mass is 32.1. The molecular formula is C23H31N5O2S. The van der Waals surface area contributed by atoms with Crippen LogP contribution >= 0.6 is 11.3 Å². The molecule has 7 nitrogen and oxygen atoms in total. The number of hydrogen-bond donors (Lipinski definition) is 0. The van der Waals surface area contributed by atoms with Crippen molar-refractivity contribution in [3.63, 3.8) is 0 Å². The molecule has 2 atom stereocenters. The Labute approximate surface area is 187 Å². The quantitative estimate of drug-likeness (QED) is 0.713. The van der Waals surface area contributed by atoms with E-state index in [1.54, 1.807) is 11.3 Å². The van der Waals surface area contributed by atoms with E-state index in [0.717, 1.165) is 42.1 Å². The summed E-state index contributed by atoms with van der Waals surface area (Å²) in [4.78, 5) is 40.1. The van der Waals surface area contributed by atoms with Gasteiger partial charge in [0, 0.05) is 49.1 Å². The van der Waals surface area contributed by atoms with Crippen molar-refractivity contribution < 1.29 is 9.59 Å². The molecule has 3 aliphatic rings. The number of carbonyl (C=O) groups is 2. The average molecular weight is 442 g/mol. The average Bonchev–Trinajstić information content (AvgIpc) is 3.45. The first kappa shape index (κ1) is 20.7. The monoisotopic (exact) mass is 441 g/mol. The summed E-state index contributed by atoms with van der Waals surface area (Å²) >= 11 is 1.62. The minimum atomic E-state index is -0.569. The number of amides is 2. The molecule has 0 aromatic carbocycles. The smallest absolute Gasteiger partial charge is 0.231 e. The van der Waals surface area contributed by atoms with Crippen LogP contribution in [0.25, 0.3) is 0 Å². The van der Waals surface area contributed by atoms with Crippen molar-refractivity contribution in [2.45, 2.75) is 65.0 Å². The molecule has 1 aliphatic carbocycles. The van der Waals surface area contributed by atoms with Crippen LogP contribution < -0.4 is 0 Å². The van der Waals surface area contributed by atoms with Crippen molar-refractivity contribution >= 4 is 23.2 Å². The Morgan fingerprint density at radius 3 is 2.77 bits per heavy atom. The van der Waals surface area contributed by atoms with Gasteiger partial charge in [-0.3, -0.25) is 9.59 Å². The van der Waals surface area contributed by atoms with Crippen LogP contribution in [0.2, 0.25) is 0 Å². The Morgan fingerprint density at radius 2 is 2.16 bits per heavy atom. The van der Waals surface area contributed by atoms with E-state index in [2.05, 4.69) is 29.6 Å². The summed E-state index contributed by atoms with van der Waals surface area (Å²) in [5.74, 6) is 0.491. The summed E-state index contributed by atoms with van der Waals surface area (Å²) in [5, 5.41) is 3.06. The standard InChI is InChI=1S/C23H31N5O2S/c1-15(2)28-11-20(24-14-28)19-10-27(21(29)17-5-4-6-17)13-23(19)7-8-26(22(23)30)9-18-12-31-16(3)25-18/h11-12,14-15,17,19H,4-10,13H2,1-3H3/t19-,23+/m0/s1. The Balaban J connectivity index is 1.44. The highest BCUT2D eigenvalue weighted by Gasteiger charge is 2.59. The molecule has 4 heterocycles. The number of hydrogen-bond acceptors (Lipinski definition) is 5. The molecular weight excluding hydrogens is 410 g/mol. The maximum Gasteiger partial charge on any atom is 0.231 e. The predicted molar refractivity (Wildman–Crippen MR) is 119 cm³/mol. The van der Waals surface area contributed by atoms with Gasteiger partial charge in [0.25, 0.3) is 0 Å². The maximum atomic E-state index is 13.8. The van der Waals surface area contributed by atoms with Gasteiger partial charge in [-0.25, -0.2) is 9.97 Å². The van der Waals surface area contributed by atoms with E-state index in [1.807, 2.05) is 28.4 Å². The zero-order valence-corrected chi connectivity index (χ0v) is 19.4. The second-order valence-electron chi connectivity index (χ2n) is 9.73. The lowest BCUT2D eigenvalue weighted by atomic mass is 9.75. The van der Waals surface area contributed by atoms with Gasteiger partial charge in [0.2, 0.25) is 11.8 Å². The topological polar surface area (TPSA) is 71.3 Å². The first-order valence-corrected chi connectivity index (χ1v) is 12.3. The van der Waals surface area contributed by atoms with Gasteiger partial charge in [-0.2, -0.15) is 0 Å². The van der Waals surface area contributed by atoms with E-state index in [4.69, 9.17) is 4.98 Å². The largest absolute Gasteiger partial charge is 0.341 e. The lowest BCUT2D eigenvalue weighted by molar-refractivity contribution is -0.139. The van der Waals surface area contributed by atoms with Crippen molar-refractivity contribution in [3.8, 4) is 0 Å². The second-order valence-corrected chi connectivity index (χ2v) is 10.8. The molecule has 2 aromatic heterocycles. The minimum Gasteiger partial charge on any atom is -0.341 e. The van der Waals surface area contributed by atoms with Crippen LogP contribution in [0.4, 0.5) is 0 Å². The van der Waals surface area contributed by atoms with E-state index in [0.29, 0.717) is 32.2 Å². The van der Waals surface area contributed by atoms with Crippen LogP contribution in [0, 0.1) is 18.3 Å². The van der Waals surface area contributed by atoms with Crippen LogP contribution in [0.3, 0.4) is 0 Å². The molecule has 2 aliphatic heterocycles. The fourth-order valence-electron chi connectivity index (χ4n) is 5.34. The summed E-state index contributed by atoms with van der Waals surface area (Å²) in [6.45, 7) is 8.62. The molecule has 5 rings (SSSR count). The number of likely N-dealkylation sites (tertiary alicyclic amines) is 2. The van der Waals surface area contributed by atoms with Gasteiger partial charge in [-0.05, 0) is 40.0 Å². The van der Waals surface area contributed by atoms with E-state index < -0.39 is 5.41 Å². The van der Waals surface area contributed by atoms with Gasteiger partial charge in [-0.1, -0.05) is 6.42 Å². The van der Waals surface area contributed by atoms with Crippen LogP contribution in [0.1, 0.15) is 67.9 Å². The van der Waals surface area contributed by atoms with Crippen molar-refractivity contribution in [3.05, 3.63) is 34.3 Å². The van der Waals surface area contributed by atoms with Crippen LogP contribution in [0.5, 0.6) is 0 Å². The Bertz CT molecular complexity index is 994. The molecule has 8 heteroatoms. The summed E-state index contributed by atoms with van der Waals surface area (Å²) in [6.07, 6.45) is 7.81. The molecule has 2 saturated heterocycles. The SMILES string of the molecule is Cc1nc(CN2CC[C@]3(CN(C(=O)C4CCC4)C[C@H]3c3cn(C(C)C)cn3)C2=O)cs1. The fourth-order valence-corrected chi connectivity index (χ4v) is 5.94. The first-order chi connectivity index (χ1) is 14.9. The molecule has 0 N–H and O–H groups in total. The fraction of sp³-hybridized carbons (Fsp3) is 0.652. The maximum absolute atomic E-state index is 13.8. The van der Waals surface area contributed by atoms with Gasteiger partial charge in [0.1, 0.15) is 0 Å². The lowest BCUT2D eigenvalue weighted by Crippen LogP contribution is -2.42. The van der Waals surface area contributed by atoms with Crippen LogP contribution in [-0.4, -0.2) is 55.8 Å². The van der Waals surface area contributed by atoms with Crippen molar-refractivity contribution in [2.24, 2.45) is 11.3 Å². The lowest BCUT2D eigenvalue weighted by Gasteiger charge is -2.30. The van der Waals surface area contributed by atoms with E-state index in [9.17, 15) is 9.59 Å². The summed E-state index contributed by atoms with van der Waals surface area (Å²) in [5.41, 5.74) is 1.33. The Hall–Kier alpha value is -2.22. The third kappa shape index (κ3) is 3.49. The number of nitrogens with zero attached hydrogens (tertiary/aromatic N) is 5. The van der Waals surface area contributed by atoms with Crippen molar-refractivity contribution in [1.29, 1.82) is 0 Å². The molecule has 2 amide bonds. The summed E-state index contributed by atoms with van der Waals surface area (Å²) in [7, 11) is 0. The summed E-state index contributed by atoms with van der Waals surface area (Å²) in [6, 6.07) is 0.315. The van der Waals surface area contributed by atoms with E-state index in [1.165, 1.54) is 0 Å². The van der Waals surface area contributed by atoms with Crippen LogP contribution in [0.15, 0.2) is 17.9 Å². The van der Waals surface area contributed by atoms with Gasteiger partial charge in [0.05, 0.1) is 34.7 Å². The van der Waals surface area contributed by atoms with Gasteiger partial charge < -0.3 is 14.4 Å². The minimum absolute atomic E-state index is 0.0498. The third-order valence-corrected chi connectivity index (χ3v) is 8.27. The van der Waals surface area contributed by atoms with Crippen LogP contribution in [-0.2, 0) is 16.1 Å². The van der Waals surface area contributed by atoms with Gasteiger partial charge >= 0.3 is 0 Å². The molecule has 2 aromatic rings. The normalized spacial score (nSPS) is 26.5. The molecule has 3 fully saturated rings. The third-order valence-electron chi connectivity index (χ3n) is 7.44. The molecule has 166 valence electrons. The van der Waals surface area contributed by atoms with Crippen molar-refractivity contribution in [2.75, 3.05) is 19.6 Å². The molecule has 0 unspecified atom stereocenters. The molecule has 1 spiro atoms. The number of carbonyl (C=O) groups excluding carboxylic acids is 2. The van der Waals surface area contributed by atoms with E-state index in [-0.39, 0.29) is 23.7 Å². The summed E-state index contributed by atoms with van der Waals surface area (Å²) < 4.78 is 2.09. The Morgan fingerprint density at radius 1 is 1.35 bits per heavy atom. The van der Waals surface area contributed by atoms with E-state index >= 15 is 0 Å². The number of imidazole rings is 1. The molecule has 0 radical (unpaired) electrons. The highest BCUT2D eigenvalue weighted by Crippen LogP contribution is 2.50. The van der Waals surface area contributed by atoms with Gasteiger partial charge in [0.15, 0.2) is 0 Å². The number of thiazole rings is 1. The van der Waals surface area contributed by atoms with Gasteiger partial charge in [-0.15, -0.1) is 11.3 Å². The molecule has 31 heavy (non-hydrogen) atoms. The number of rotatable bonds is 5. The number of aromatic nitrogens is 3. The first-order valence-electron chi connectivity index (χ1n) is 11.4. The molecule has 1 saturated carbocycles. The number of aryl methyl sites for hydroxylation is 1. The zero-order chi connectivity index (χ0) is 21.8. The molecule has 0 bridgehead atoms. The Kier molecular flexibility index (Phi) is 5.15. The highest BCUT2D eigenvalue weighted by molar-refractivity contribution is 7.09. The predicted octanol–water partition coefficient (Wildman–Crippen LogP) is 3.37.